The number of ketones is 1. The maximum atomic E-state index is 13.7. The van der Waals surface area contributed by atoms with Crippen LogP contribution in [0.15, 0.2) is 66.3 Å². The van der Waals surface area contributed by atoms with Crippen LogP contribution in [0.1, 0.15) is 30.9 Å². The summed E-state index contributed by atoms with van der Waals surface area (Å²) in [7, 11) is 0. The highest BCUT2D eigenvalue weighted by atomic mass is 19.4. The summed E-state index contributed by atoms with van der Waals surface area (Å²) in [5.41, 5.74) is 6.20. The van der Waals surface area contributed by atoms with Crippen molar-refractivity contribution >= 4 is 35.1 Å². The molecular formula is C30H28F4N4O5. The largest absolute Gasteiger partial charge is 0.436 e. The fourth-order valence-electron chi connectivity index (χ4n) is 5.82. The molecule has 9 nitrogen and oxygen atoms in total. The second-order valence-electron chi connectivity index (χ2n) is 10.8. The van der Waals surface area contributed by atoms with Crippen LogP contribution >= 0.6 is 0 Å². The lowest BCUT2D eigenvalue weighted by Gasteiger charge is -2.32. The smallest absolute Gasteiger partial charge is 0.411 e. The zero-order valence-electron chi connectivity index (χ0n) is 23.0. The van der Waals surface area contributed by atoms with Crippen LogP contribution in [0.5, 0.6) is 0 Å². The molecule has 1 saturated carbocycles. The minimum absolute atomic E-state index is 0.112. The Bertz CT molecular complexity index is 1540. The van der Waals surface area contributed by atoms with E-state index in [0.29, 0.717) is 33.7 Å². The Morgan fingerprint density at radius 3 is 2.56 bits per heavy atom. The monoisotopic (exact) mass is 600 g/mol. The van der Waals surface area contributed by atoms with Gasteiger partial charge in [0.15, 0.2) is 11.4 Å². The number of urea groups is 1. The summed E-state index contributed by atoms with van der Waals surface area (Å²) in [6.07, 6.45) is -1.67. The number of hydrogen-bond donors (Lipinski definition) is 2. The number of alkyl halides is 3. The van der Waals surface area contributed by atoms with E-state index in [2.05, 4.69) is 5.32 Å². The number of fused-ring (bicyclic) bond motifs is 2. The van der Waals surface area contributed by atoms with Gasteiger partial charge in [-0.15, -0.1) is 0 Å². The zero-order chi connectivity index (χ0) is 31.1. The highest BCUT2D eigenvalue weighted by molar-refractivity contribution is 6.24. The summed E-state index contributed by atoms with van der Waals surface area (Å²) in [6.45, 7) is -0.387. The number of anilines is 1. The van der Waals surface area contributed by atoms with Gasteiger partial charge in [-0.2, -0.15) is 13.2 Å². The number of carbonyl (C=O) groups excluding carboxylic acids is 4. The summed E-state index contributed by atoms with van der Waals surface area (Å²) in [6, 6.07) is 8.43. The number of primary amides is 1. The average Bonchev–Trinajstić information content (AvgIpc) is 3.46. The molecule has 1 unspecified atom stereocenters. The van der Waals surface area contributed by atoms with Crippen molar-refractivity contribution in [1.82, 2.24) is 9.80 Å². The number of halogens is 4. The molecule has 1 spiro atoms. The molecule has 226 valence electrons. The van der Waals surface area contributed by atoms with Gasteiger partial charge in [-0.1, -0.05) is 36.4 Å². The van der Waals surface area contributed by atoms with E-state index in [1.165, 1.54) is 12.1 Å². The molecule has 5 rings (SSSR count). The lowest BCUT2D eigenvalue weighted by Crippen LogP contribution is -2.50. The van der Waals surface area contributed by atoms with Gasteiger partial charge in [-0.3, -0.25) is 14.5 Å². The zero-order valence-corrected chi connectivity index (χ0v) is 23.0. The molecule has 0 radical (unpaired) electrons. The molecule has 3 N–H and O–H groups in total. The number of ether oxygens (including phenoxy) is 1. The van der Waals surface area contributed by atoms with Crippen LogP contribution in [-0.2, 0) is 20.9 Å². The molecule has 4 amide bonds. The Kier molecular flexibility index (Phi) is 7.76. The van der Waals surface area contributed by atoms with Crippen LogP contribution in [0.4, 0.5) is 32.8 Å². The number of benzene rings is 2. The highest BCUT2D eigenvalue weighted by Gasteiger charge is 2.56. The Labute approximate surface area is 243 Å². The van der Waals surface area contributed by atoms with Crippen molar-refractivity contribution in [2.45, 2.75) is 44.1 Å². The van der Waals surface area contributed by atoms with Crippen molar-refractivity contribution in [3.05, 3.63) is 83.2 Å². The first-order valence-corrected chi connectivity index (χ1v) is 13.5. The first-order chi connectivity index (χ1) is 20.3. The molecule has 43 heavy (non-hydrogen) atoms. The minimum atomic E-state index is -4.74. The van der Waals surface area contributed by atoms with Crippen molar-refractivity contribution in [2.24, 2.45) is 11.7 Å². The van der Waals surface area contributed by atoms with E-state index >= 15 is 0 Å². The number of nitrogens with two attached hydrogens (primary N) is 1. The fraction of sp³-hybridized carbons (Fsp3) is 0.333. The molecule has 2 aliphatic carbocycles. The van der Waals surface area contributed by atoms with Gasteiger partial charge in [0, 0.05) is 23.7 Å². The molecular weight excluding hydrogens is 572 g/mol. The number of allylic oxidation sites excluding steroid dienone is 3. The van der Waals surface area contributed by atoms with E-state index < -0.39 is 60.7 Å². The molecule has 2 aromatic rings. The molecule has 1 heterocycles. The van der Waals surface area contributed by atoms with Crippen LogP contribution in [-0.4, -0.2) is 64.5 Å². The third-order valence-electron chi connectivity index (χ3n) is 8.03. The van der Waals surface area contributed by atoms with E-state index in [1.54, 1.807) is 36.4 Å². The Morgan fingerprint density at radius 1 is 1.16 bits per heavy atom. The highest BCUT2D eigenvalue weighted by Crippen LogP contribution is 2.49. The van der Waals surface area contributed by atoms with Crippen LogP contribution < -0.4 is 11.1 Å². The number of nitrogens with one attached hydrogen (secondary N) is 1. The number of carbonyl (C=O) groups is 4. The topological polar surface area (TPSA) is 122 Å². The number of Topliss-reactive ketones (excluding diaryl/α,β-unsaturated/α-hetero) is 1. The van der Waals surface area contributed by atoms with Crippen molar-refractivity contribution in [1.29, 1.82) is 0 Å². The van der Waals surface area contributed by atoms with E-state index in [4.69, 9.17) is 10.5 Å². The van der Waals surface area contributed by atoms with Crippen molar-refractivity contribution in [3.63, 3.8) is 0 Å². The number of rotatable bonds is 7. The van der Waals surface area contributed by atoms with Gasteiger partial charge in [0.1, 0.15) is 18.4 Å². The second-order valence-corrected chi connectivity index (χ2v) is 10.8. The average molecular weight is 601 g/mol. The Hall–Kier alpha value is -4.68. The van der Waals surface area contributed by atoms with Crippen LogP contribution in [0, 0.1) is 11.7 Å². The van der Waals surface area contributed by atoms with Gasteiger partial charge in [0.25, 0.3) is 0 Å². The predicted molar refractivity (Wildman–Crippen MR) is 147 cm³/mol. The van der Waals surface area contributed by atoms with Gasteiger partial charge in [-0.05, 0) is 60.7 Å². The molecule has 13 heteroatoms. The molecule has 2 fully saturated rings. The molecule has 2 aromatic carbocycles. The van der Waals surface area contributed by atoms with Crippen molar-refractivity contribution in [2.75, 3.05) is 18.4 Å². The van der Waals surface area contributed by atoms with E-state index in [9.17, 15) is 36.7 Å². The molecule has 0 aromatic heterocycles. The fourth-order valence-corrected chi connectivity index (χ4v) is 5.82. The third-order valence-corrected chi connectivity index (χ3v) is 8.03. The van der Waals surface area contributed by atoms with Gasteiger partial charge in [-0.25, -0.2) is 14.0 Å². The molecule has 1 aliphatic heterocycles. The quantitative estimate of drug-likeness (QED) is 0.443. The maximum absolute atomic E-state index is 13.7. The first kappa shape index (κ1) is 29.8. The number of nitrogens with zero attached hydrogens (tertiary/aromatic N) is 2. The molecule has 3 aliphatic rings. The van der Waals surface area contributed by atoms with Gasteiger partial charge in [0.2, 0.25) is 5.91 Å². The normalized spacial score (nSPS) is 22.1. The molecule has 3 atom stereocenters. The van der Waals surface area contributed by atoms with E-state index in [0.717, 1.165) is 24.0 Å². The van der Waals surface area contributed by atoms with Crippen LogP contribution in [0.25, 0.3) is 5.57 Å². The Morgan fingerprint density at radius 2 is 1.88 bits per heavy atom. The molecule has 1 saturated heterocycles. The summed E-state index contributed by atoms with van der Waals surface area (Å²) in [5.74, 6) is -2.34. The standard InChI is InChI=1S/C30H28F4N4O5/c1-17(30(32,33)34)38(14-18-5-7-20(31)8-6-18)25(39)15-37-16-29(43-28(37)42)12-11-23-24(29)10-9-22(26(23)40)19-3-2-4-21(13-19)36-27(35)41/h2-10,13,17,23H,11-12,14-16H2,1H3,(H3,35,36,41)/t17-,23?,29-/m0/s1. The third kappa shape index (κ3) is 5.97. The number of hydrogen-bond acceptors (Lipinski definition) is 5. The van der Waals surface area contributed by atoms with Crippen molar-refractivity contribution in [3.8, 4) is 0 Å². The second kappa shape index (κ2) is 11.2. The van der Waals surface area contributed by atoms with E-state index in [-0.39, 0.29) is 24.3 Å². The summed E-state index contributed by atoms with van der Waals surface area (Å²) >= 11 is 0. The van der Waals surface area contributed by atoms with Gasteiger partial charge < -0.3 is 20.7 Å². The first-order valence-electron chi connectivity index (χ1n) is 13.5. The lowest BCUT2D eigenvalue weighted by atomic mass is 9.81. The lowest BCUT2D eigenvalue weighted by molar-refractivity contribution is -0.187. The van der Waals surface area contributed by atoms with Gasteiger partial charge in [0.05, 0.1) is 6.54 Å². The summed E-state index contributed by atoms with van der Waals surface area (Å²) in [5, 5.41) is 2.46. The van der Waals surface area contributed by atoms with Crippen LogP contribution in [0.3, 0.4) is 0 Å². The van der Waals surface area contributed by atoms with Crippen molar-refractivity contribution < 1.29 is 41.5 Å². The number of amides is 4. The summed E-state index contributed by atoms with van der Waals surface area (Å²) < 4.78 is 60.1. The van der Waals surface area contributed by atoms with E-state index in [1.807, 2.05) is 0 Å². The van der Waals surface area contributed by atoms with Gasteiger partial charge >= 0.3 is 18.3 Å². The minimum Gasteiger partial charge on any atom is -0.436 e. The summed E-state index contributed by atoms with van der Waals surface area (Å²) in [4.78, 5) is 52.5. The maximum Gasteiger partial charge on any atom is 0.411 e. The Balaban J connectivity index is 1.35. The molecule has 0 bridgehead atoms. The van der Waals surface area contributed by atoms with Crippen LogP contribution in [0.2, 0.25) is 0 Å². The SMILES string of the molecule is C[C@H](N(Cc1ccc(F)cc1)C(=O)CN1C[C@]2(CCC3C(=O)C(c4cccc(NC(N)=O)c4)=CC=C32)OC1=O)C(F)(F)F. The predicted octanol–water partition coefficient (Wildman–Crippen LogP) is 4.79.